The number of likely N-dealkylation sites (tertiary alicyclic amines) is 1. The zero-order valence-electron chi connectivity index (χ0n) is 16.2. The maximum absolute atomic E-state index is 12.0. The van der Waals surface area contributed by atoms with E-state index in [9.17, 15) is 4.79 Å². The molecule has 0 spiro atoms. The summed E-state index contributed by atoms with van der Waals surface area (Å²) in [7, 11) is 0. The highest BCUT2D eigenvalue weighted by Gasteiger charge is 2.25. The van der Waals surface area contributed by atoms with Crippen LogP contribution in [0.3, 0.4) is 0 Å². The van der Waals surface area contributed by atoms with Crippen LogP contribution in [-0.2, 0) is 4.79 Å². The predicted molar refractivity (Wildman–Crippen MR) is 109 cm³/mol. The maximum atomic E-state index is 12.0. The number of carbonyl (C=O) groups excluding carboxylic acids is 1. The SMILES string of the molecule is CCCNC(=O)CSc1nnc(C(C)N2CCCCC2)n1-c1ccccc1. The number of piperidine rings is 1. The first-order chi connectivity index (χ1) is 13.2. The van der Waals surface area contributed by atoms with Crippen LogP contribution in [0, 0.1) is 0 Å². The van der Waals surface area contributed by atoms with Gasteiger partial charge in [-0.15, -0.1) is 10.2 Å². The number of nitrogens with zero attached hydrogens (tertiary/aromatic N) is 4. The van der Waals surface area contributed by atoms with Crippen molar-refractivity contribution < 1.29 is 4.79 Å². The third-order valence-electron chi connectivity index (χ3n) is 4.89. The van der Waals surface area contributed by atoms with Crippen LogP contribution in [0.4, 0.5) is 0 Å². The molecule has 1 aromatic carbocycles. The molecule has 1 N–H and O–H groups in total. The fourth-order valence-corrected chi connectivity index (χ4v) is 4.17. The van der Waals surface area contributed by atoms with Gasteiger partial charge in [-0.1, -0.05) is 43.3 Å². The third kappa shape index (κ3) is 5.11. The van der Waals surface area contributed by atoms with Crippen molar-refractivity contribution in [3.05, 3.63) is 36.2 Å². The number of benzene rings is 1. The standard InChI is InChI=1S/C20H29N5OS/c1-3-12-21-18(26)15-27-20-23-22-19(16(2)24-13-8-5-9-14-24)25(20)17-10-6-4-7-11-17/h4,6-7,10-11,16H,3,5,8-9,12-15H2,1-2H3,(H,21,26). The number of aromatic nitrogens is 3. The summed E-state index contributed by atoms with van der Waals surface area (Å²) in [5.74, 6) is 1.33. The fraction of sp³-hybridized carbons (Fsp3) is 0.550. The second-order valence-electron chi connectivity index (χ2n) is 6.92. The molecule has 1 aliphatic heterocycles. The van der Waals surface area contributed by atoms with Gasteiger partial charge in [-0.25, -0.2) is 0 Å². The predicted octanol–water partition coefficient (Wildman–Crippen LogP) is 3.43. The largest absolute Gasteiger partial charge is 0.355 e. The number of hydrogen-bond donors (Lipinski definition) is 1. The molecule has 1 unspecified atom stereocenters. The maximum Gasteiger partial charge on any atom is 0.230 e. The van der Waals surface area contributed by atoms with Gasteiger partial charge < -0.3 is 5.32 Å². The molecule has 1 aliphatic rings. The topological polar surface area (TPSA) is 63.1 Å². The van der Waals surface area contributed by atoms with Crippen LogP contribution in [0.5, 0.6) is 0 Å². The molecule has 0 bridgehead atoms. The van der Waals surface area contributed by atoms with Crippen molar-refractivity contribution in [2.45, 2.75) is 50.7 Å². The van der Waals surface area contributed by atoms with E-state index >= 15 is 0 Å². The minimum absolute atomic E-state index is 0.0371. The molecule has 1 saturated heterocycles. The Kier molecular flexibility index (Phi) is 7.29. The van der Waals surface area contributed by atoms with Crippen molar-refractivity contribution in [1.82, 2.24) is 25.0 Å². The first-order valence-electron chi connectivity index (χ1n) is 9.85. The zero-order chi connectivity index (χ0) is 19.1. The first kappa shape index (κ1) is 19.9. The average molecular weight is 388 g/mol. The molecule has 146 valence electrons. The van der Waals surface area contributed by atoms with E-state index in [4.69, 9.17) is 0 Å². The number of hydrogen-bond acceptors (Lipinski definition) is 5. The summed E-state index contributed by atoms with van der Waals surface area (Å²) in [6.07, 6.45) is 4.72. The molecule has 7 heteroatoms. The van der Waals surface area contributed by atoms with Gasteiger partial charge in [0.05, 0.1) is 11.8 Å². The van der Waals surface area contributed by atoms with Gasteiger partial charge in [0.15, 0.2) is 11.0 Å². The Balaban J connectivity index is 1.83. The number of thioether (sulfide) groups is 1. The summed E-state index contributed by atoms with van der Waals surface area (Å²) < 4.78 is 2.11. The van der Waals surface area contributed by atoms with Gasteiger partial charge >= 0.3 is 0 Å². The highest BCUT2D eigenvalue weighted by atomic mass is 32.2. The summed E-state index contributed by atoms with van der Waals surface area (Å²) in [5.41, 5.74) is 1.04. The normalized spacial score (nSPS) is 16.2. The summed E-state index contributed by atoms with van der Waals surface area (Å²) >= 11 is 1.44. The minimum atomic E-state index is 0.0371. The van der Waals surface area contributed by atoms with Crippen LogP contribution in [-0.4, -0.2) is 51.0 Å². The number of rotatable bonds is 8. The molecule has 1 atom stereocenters. The number of amides is 1. The smallest absolute Gasteiger partial charge is 0.230 e. The van der Waals surface area contributed by atoms with Gasteiger partial charge in [-0.3, -0.25) is 14.3 Å². The minimum Gasteiger partial charge on any atom is -0.355 e. The van der Waals surface area contributed by atoms with Crippen molar-refractivity contribution in [2.75, 3.05) is 25.4 Å². The highest BCUT2D eigenvalue weighted by Crippen LogP contribution is 2.29. The van der Waals surface area contributed by atoms with Crippen LogP contribution >= 0.6 is 11.8 Å². The van der Waals surface area contributed by atoms with Crippen LogP contribution in [0.25, 0.3) is 5.69 Å². The summed E-state index contributed by atoms with van der Waals surface area (Å²) in [6, 6.07) is 10.4. The van der Waals surface area contributed by atoms with E-state index in [1.54, 1.807) is 0 Å². The molecule has 1 fully saturated rings. The van der Waals surface area contributed by atoms with Crippen molar-refractivity contribution >= 4 is 17.7 Å². The molecule has 2 heterocycles. The molecule has 1 amide bonds. The van der Waals surface area contributed by atoms with Crippen LogP contribution in [0.2, 0.25) is 0 Å². The lowest BCUT2D eigenvalue weighted by atomic mass is 10.1. The Bertz CT molecular complexity index is 727. The van der Waals surface area contributed by atoms with Gasteiger partial charge in [0, 0.05) is 12.2 Å². The van der Waals surface area contributed by atoms with Crippen LogP contribution in [0.1, 0.15) is 51.4 Å². The quantitative estimate of drug-likeness (QED) is 0.703. The number of para-hydroxylation sites is 1. The molecule has 0 aliphatic carbocycles. The molecule has 27 heavy (non-hydrogen) atoms. The van der Waals surface area contributed by atoms with Gasteiger partial charge in [-0.05, 0) is 51.4 Å². The highest BCUT2D eigenvalue weighted by molar-refractivity contribution is 7.99. The van der Waals surface area contributed by atoms with Crippen LogP contribution in [0.15, 0.2) is 35.5 Å². The summed E-state index contributed by atoms with van der Waals surface area (Å²) in [6.45, 7) is 7.17. The second kappa shape index (κ2) is 9.90. The summed E-state index contributed by atoms with van der Waals surface area (Å²) in [4.78, 5) is 14.5. The van der Waals surface area contributed by atoms with E-state index in [1.807, 2.05) is 25.1 Å². The van der Waals surface area contributed by atoms with E-state index in [2.05, 4.69) is 44.0 Å². The van der Waals surface area contributed by atoms with Crippen molar-refractivity contribution in [3.8, 4) is 5.69 Å². The molecule has 2 aromatic rings. The van der Waals surface area contributed by atoms with E-state index in [0.717, 1.165) is 36.2 Å². The van der Waals surface area contributed by atoms with Gasteiger partial charge in [0.1, 0.15) is 0 Å². The third-order valence-corrected chi connectivity index (χ3v) is 5.82. The number of nitrogens with one attached hydrogen (secondary N) is 1. The lowest BCUT2D eigenvalue weighted by Crippen LogP contribution is -2.33. The van der Waals surface area contributed by atoms with Gasteiger partial charge in [-0.2, -0.15) is 0 Å². The molecule has 3 rings (SSSR count). The Labute approximate surface area is 165 Å². The fourth-order valence-electron chi connectivity index (χ4n) is 3.38. The Morgan fingerprint density at radius 2 is 1.93 bits per heavy atom. The van der Waals surface area contributed by atoms with E-state index < -0.39 is 0 Å². The lowest BCUT2D eigenvalue weighted by Gasteiger charge is -2.31. The molecule has 0 radical (unpaired) electrons. The monoisotopic (exact) mass is 387 g/mol. The first-order valence-corrected chi connectivity index (χ1v) is 10.8. The van der Waals surface area contributed by atoms with E-state index in [0.29, 0.717) is 12.3 Å². The Morgan fingerprint density at radius 3 is 2.63 bits per heavy atom. The zero-order valence-corrected chi connectivity index (χ0v) is 17.0. The Morgan fingerprint density at radius 1 is 1.19 bits per heavy atom. The van der Waals surface area contributed by atoms with E-state index in [-0.39, 0.29) is 11.9 Å². The molecular weight excluding hydrogens is 358 g/mol. The molecule has 1 aromatic heterocycles. The second-order valence-corrected chi connectivity index (χ2v) is 7.87. The van der Waals surface area contributed by atoms with Crippen molar-refractivity contribution in [1.29, 1.82) is 0 Å². The molecular formula is C20H29N5OS. The van der Waals surface area contributed by atoms with E-state index in [1.165, 1.54) is 31.0 Å². The molecule has 0 saturated carbocycles. The summed E-state index contributed by atoms with van der Waals surface area (Å²) in [5, 5.41) is 12.6. The van der Waals surface area contributed by atoms with Crippen molar-refractivity contribution in [3.63, 3.8) is 0 Å². The average Bonchev–Trinajstić information content (AvgIpc) is 3.15. The van der Waals surface area contributed by atoms with Gasteiger partial charge in [0.25, 0.3) is 0 Å². The molecule has 6 nitrogen and oxygen atoms in total. The van der Waals surface area contributed by atoms with Crippen LogP contribution < -0.4 is 5.32 Å². The van der Waals surface area contributed by atoms with Crippen molar-refractivity contribution in [2.24, 2.45) is 0 Å². The lowest BCUT2D eigenvalue weighted by molar-refractivity contribution is -0.118. The van der Waals surface area contributed by atoms with Gasteiger partial charge in [0.2, 0.25) is 5.91 Å². The Hall–Kier alpha value is -1.86. The number of carbonyl (C=O) groups is 1.